The number of cyclic esters (lactones) is 1. The molecule has 31 heavy (non-hydrogen) atoms. The molecule has 6 heteroatoms. The van der Waals surface area contributed by atoms with E-state index in [0.717, 1.165) is 5.56 Å². The van der Waals surface area contributed by atoms with Gasteiger partial charge in [0.25, 0.3) is 0 Å². The SMILES string of the molecule is COc1ccc(N(/C=C/[C@@H](c2ccccc2)[C@H]2COC(=O)C2)C(=O)OC(C)(C)C)cc1. The second-order valence-corrected chi connectivity index (χ2v) is 8.47. The van der Waals surface area contributed by atoms with Crippen molar-refractivity contribution in [2.24, 2.45) is 5.92 Å². The Labute approximate surface area is 183 Å². The minimum atomic E-state index is -0.639. The lowest BCUT2D eigenvalue weighted by Gasteiger charge is -2.26. The molecule has 0 N–H and O–H groups in total. The molecule has 1 heterocycles. The lowest BCUT2D eigenvalue weighted by atomic mass is 9.85. The van der Waals surface area contributed by atoms with E-state index in [0.29, 0.717) is 24.5 Å². The number of carbonyl (C=O) groups is 2. The van der Waals surface area contributed by atoms with Crippen LogP contribution in [0, 0.1) is 5.92 Å². The third-order valence-electron chi connectivity index (χ3n) is 4.96. The van der Waals surface area contributed by atoms with Gasteiger partial charge in [0.05, 0.1) is 25.8 Å². The van der Waals surface area contributed by atoms with Crippen molar-refractivity contribution < 1.29 is 23.8 Å². The lowest BCUT2D eigenvalue weighted by molar-refractivity contribution is -0.137. The van der Waals surface area contributed by atoms with Crippen molar-refractivity contribution >= 4 is 17.7 Å². The summed E-state index contributed by atoms with van der Waals surface area (Å²) in [6.07, 6.45) is 3.52. The van der Waals surface area contributed by atoms with Gasteiger partial charge in [0.2, 0.25) is 0 Å². The second-order valence-electron chi connectivity index (χ2n) is 8.47. The Bertz CT molecular complexity index is 915. The molecule has 0 spiro atoms. The molecule has 0 bridgehead atoms. The van der Waals surface area contributed by atoms with Crippen LogP contribution in [0.1, 0.15) is 38.7 Å². The van der Waals surface area contributed by atoms with Gasteiger partial charge in [-0.2, -0.15) is 0 Å². The van der Waals surface area contributed by atoms with Gasteiger partial charge in [-0.05, 0) is 50.6 Å². The van der Waals surface area contributed by atoms with Gasteiger partial charge in [0.15, 0.2) is 0 Å². The molecule has 1 aliphatic rings. The molecule has 3 rings (SSSR count). The van der Waals surface area contributed by atoms with Crippen molar-refractivity contribution in [1.82, 2.24) is 0 Å². The van der Waals surface area contributed by atoms with Gasteiger partial charge in [0.1, 0.15) is 11.4 Å². The standard InChI is InChI=1S/C25H29NO5/c1-25(2,3)31-24(28)26(20-10-12-21(29-4)13-11-20)15-14-22(18-8-6-5-7-9-18)19-16-23(27)30-17-19/h5-15,19,22H,16-17H2,1-4H3/b15-14+/t19-,22+/m1/s1. The van der Waals surface area contributed by atoms with Gasteiger partial charge >= 0.3 is 12.1 Å². The van der Waals surface area contributed by atoms with Crippen LogP contribution in [0.2, 0.25) is 0 Å². The van der Waals surface area contributed by atoms with Crippen LogP contribution in [0.4, 0.5) is 10.5 Å². The molecule has 0 radical (unpaired) electrons. The Kier molecular flexibility index (Phi) is 7.00. The summed E-state index contributed by atoms with van der Waals surface area (Å²) in [6.45, 7) is 5.84. The fraction of sp³-hybridized carbons (Fsp3) is 0.360. The van der Waals surface area contributed by atoms with Crippen LogP contribution in [0.3, 0.4) is 0 Å². The minimum Gasteiger partial charge on any atom is -0.497 e. The Morgan fingerprint density at radius 2 is 1.81 bits per heavy atom. The second kappa shape index (κ2) is 9.69. The molecule has 1 aliphatic heterocycles. The molecule has 1 saturated heterocycles. The number of allylic oxidation sites excluding steroid dienone is 1. The first-order valence-electron chi connectivity index (χ1n) is 10.3. The molecule has 2 atom stereocenters. The summed E-state index contributed by atoms with van der Waals surface area (Å²) in [5, 5.41) is 0. The van der Waals surface area contributed by atoms with Crippen molar-refractivity contribution in [3.63, 3.8) is 0 Å². The molecule has 0 aromatic heterocycles. The number of nitrogens with zero attached hydrogens (tertiary/aromatic N) is 1. The van der Waals surface area contributed by atoms with E-state index in [-0.39, 0.29) is 17.8 Å². The van der Waals surface area contributed by atoms with Crippen molar-refractivity contribution in [3.8, 4) is 5.75 Å². The lowest BCUT2D eigenvalue weighted by Crippen LogP contribution is -2.33. The van der Waals surface area contributed by atoms with Gasteiger partial charge in [-0.3, -0.25) is 9.69 Å². The van der Waals surface area contributed by atoms with Gasteiger partial charge in [-0.15, -0.1) is 0 Å². The maximum absolute atomic E-state index is 13.0. The third-order valence-corrected chi connectivity index (χ3v) is 4.96. The number of carbonyl (C=O) groups excluding carboxylic acids is 2. The maximum Gasteiger partial charge on any atom is 0.418 e. The molecule has 2 aromatic rings. The first-order valence-corrected chi connectivity index (χ1v) is 10.3. The van der Waals surface area contributed by atoms with Crippen LogP contribution in [0.15, 0.2) is 66.9 Å². The number of esters is 1. The van der Waals surface area contributed by atoms with Crippen LogP contribution in [0.25, 0.3) is 0 Å². The predicted molar refractivity (Wildman–Crippen MR) is 119 cm³/mol. The number of amides is 1. The number of hydrogen-bond donors (Lipinski definition) is 0. The van der Waals surface area contributed by atoms with E-state index in [1.165, 1.54) is 4.90 Å². The average Bonchev–Trinajstić information content (AvgIpc) is 3.16. The molecule has 2 aromatic carbocycles. The first-order chi connectivity index (χ1) is 14.8. The molecule has 164 valence electrons. The van der Waals surface area contributed by atoms with E-state index in [1.54, 1.807) is 37.6 Å². The topological polar surface area (TPSA) is 65.1 Å². The van der Waals surface area contributed by atoms with Gasteiger partial charge in [0, 0.05) is 18.0 Å². The molecule has 1 amide bonds. The summed E-state index contributed by atoms with van der Waals surface area (Å²) in [6, 6.07) is 17.1. The molecule has 0 aliphatic carbocycles. The van der Waals surface area contributed by atoms with Crippen LogP contribution >= 0.6 is 0 Å². The van der Waals surface area contributed by atoms with E-state index in [9.17, 15) is 9.59 Å². The summed E-state index contributed by atoms with van der Waals surface area (Å²) < 4.78 is 16.0. The number of ether oxygens (including phenoxy) is 3. The molecule has 0 saturated carbocycles. The number of methoxy groups -OCH3 is 1. The quantitative estimate of drug-likeness (QED) is 0.590. The fourth-order valence-electron chi connectivity index (χ4n) is 3.46. The van der Waals surface area contributed by atoms with Gasteiger partial charge in [-0.25, -0.2) is 4.79 Å². The third kappa shape index (κ3) is 6.10. The van der Waals surface area contributed by atoms with Crippen molar-refractivity contribution in [2.75, 3.05) is 18.6 Å². The highest BCUT2D eigenvalue weighted by atomic mass is 16.6. The predicted octanol–water partition coefficient (Wildman–Crippen LogP) is 5.30. The molecular formula is C25H29NO5. The van der Waals surface area contributed by atoms with Gasteiger partial charge < -0.3 is 14.2 Å². The normalized spacial score (nSPS) is 17.3. The largest absolute Gasteiger partial charge is 0.497 e. The number of hydrogen-bond acceptors (Lipinski definition) is 5. The van der Waals surface area contributed by atoms with Crippen LogP contribution < -0.4 is 9.64 Å². The highest BCUT2D eigenvalue weighted by Gasteiger charge is 2.31. The Morgan fingerprint density at radius 1 is 1.13 bits per heavy atom. The van der Waals surface area contributed by atoms with Crippen LogP contribution in [-0.4, -0.2) is 31.4 Å². The van der Waals surface area contributed by atoms with Crippen LogP contribution in [0.5, 0.6) is 5.75 Å². The molecular weight excluding hydrogens is 394 g/mol. The molecule has 0 unspecified atom stereocenters. The summed E-state index contributed by atoms with van der Waals surface area (Å²) >= 11 is 0. The van der Waals surface area contributed by atoms with E-state index in [1.807, 2.05) is 57.2 Å². The summed E-state index contributed by atoms with van der Waals surface area (Å²) in [4.78, 5) is 26.2. The highest BCUT2D eigenvalue weighted by molar-refractivity contribution is 5.90. The maximum atomic E-state index is 13.0. The van der Waals surface area contributed by atoms with Crippen molar-refractivity contribution in [1.29, 1.82) is 0 Å². The van der Waals surface area contributed by atoms with Crippen molar-refractivity contribution in [2.45, 2.75) is 38.7 Å². The summed E-state index contributed by atoms with van der Waals surface area (Å²) in [5.74, 6) is 0.414. The number of benzene rings is 2. The zero-order chi connectivity index (χ0) is 22.4. The fourth-order valence-corrected chi connectivity index (χ4v) is 3.46. The Hall–Kier alpha value is -3.28. The minimum absolute atomic E-state index is 0.00232. The number of rotatable bonds is 6. The number of anilines is 1. The monoisotopic (exact) mass is 423 g/mol. The average molecular weight is 424 g/mol. The van der Waals surface area contributed by atoms with E-state index < -0.39 is 11.7 Å². The van der Waals surface area contributed by atoms with Gasteiger partial charge in [-0.1, -0.05) is 36.4 Å². The summed E-state index contributed by atoms with van der Waals surface area (Å²) in [7, 11) is 1.59. The molecule has 6 nitrogen and oxygen atoms in total. The van der Waals surface area contributed by atoms with Crippen molar-refractivity contribution in [3.05, 3.63) is 72.4 Å². The first kappa shape index (κ1) is 22.4. The van der Waals surface area contributed by atoms with E-state index >= 15 is 0 Å². The molecule has 1 fully saturated rings. The Morgan fingerprint density at radius 3 is 2.35 bits per heavy atom. The Balaban J connectivity index is 1.94. The zero-order valence-electron chi connectivity index (χ0n) is 18.4. The summed E-state index contributed by atoms with van der Waals surface area (Å²) in [5.41, 5.74) is 1.07. The zero-order valence-corrected chi connectivity index (χ0v) is 18.4. The van der Waals surface area contributed by atoms with E-state index in [2.05, 4.69) is 0 Å². The van der Waals surface area contributed by atoms with Crippen LogP contribution in [-0.2, 0) is 14.3 Å². The highest BCUT2D eigenvalue weighted by Crippen LogP contribution is 2.33. The van der Waals surface area contributed by atoms with E-state index in [4.69, 9.17) is 14.2 Å². The smallest absolute Gasteiger partial charge is 0.418 e.